The van der Waals surface area contributed by atoms with Gasteiger partial charge in [-0.25, -0.2) is 0 Å². The molecule has 0 saturated heterocycles. The van der Waals surface area contributed by atoms with Gasteiger partial charge in [0.15, 0.2) is 0 Å². The molecule has 0 saturated carbocycles. The fourth-order valence-electron chi connectivity index (χ4n) is 1.34. The van der Waals surface area contributed by atoms with Crippen LogP contribution < -0.4 is 4.90 Å². The summed E-state index contributed by atoms with van der Waals surface area (Å²) < 4.78 is 0. The van der Waals surface area contributed by atoms with Crippen molar-refractivity contribution < 1.29 is 9.90 Å². The lowest BCUT2D eigenvalue weighted by atomic mass is 10.2. The number of anilines is 1. The number of hydrogen-bond acceptors (Lipinski definition) is 3. The first-order valence-corrected chi connectivity index (χ1v) is 5.59. The molecule has 1 aromatic rings. The summed E-state index contributed by atoms with van der Waals surface area (Å²) in [5, 5.41) is 18.2. The Labute approximate surface area is 109 Å². The van der Waals surface area contributed by atoms with E-state index in [0.717, 1.165) is 0 Å². The van der Waals surface area contributed by atoms with Gasteiger partial charge in [-0.2, -0.15) is 5.26 Å². The van der Waals surface area contributed by atoms with Gasteiger partial charge in [0.05, 0.1) is 23.2 Å². The van der Waals surface area contributed by atoms with E-state index in [1.54, 1.807) is 23.1 Å². The number of nitriles is 1. The van der Waals surface area contributed by atoms with Gasteiger partial charge in [0.1, 0.15) is 6.54 Å². The van der Waals surface area contributed by atoms with E-state index < -0.39 is 5.97 Å². The number of carboxylic acid groups (broad SMARTS) is 1. The van der Waals surface area contributed by atoms with Gasteiger partial charge < -0.3 is 10.0 Å². The molecule has 0 aromatic heterocycles. The fourth-order valence-corrected chi connectivity index (χ4v) is 1.87. The number of nitrogens with zero attached hydrogens (tertiary/aromatic N) is 2. The normalized spacial score (nSPS) is 9.71. The summed E-state index contributed by atoms with van der Waals surface area (Å²) in [4.78, 5) is 12.1. The topological polar surface area (TPSA) is 64.3 Å². The quantitative estimate of drug-likeness (QED) is 0.838. The minimum Gasteiger partial charge on any atom is -0.481 e. The minimum atomic E-state index is -0.918. The number of hydrogen-bond donors (Lipinski definition) is 1. The van der Waals surface area contributed by atoms with Gasteiger partial charge in [0.2, 0.25) is 0 Å². The van der Waals surface area contributed by atoms with Crippen LogP contribution in [-0.4, -0.2) is 24.2 Å². The molecule has 17 heavy (non-hydrogen) atoms. The van der Waals surface area contributed by atoms with Crippen molar-refractivity contribution in [2.75, 3.05) is 18.0 Å². The summed E-state index contributed by atoms with van der Waals surface area (Å²) in [5.74, 6) is -0.918. The lowest BCUT2D eigenvalue weighted by molar-refractivity contribution is -0.136. The highest BCUT2D eigenvalue weighted by atomic mass is 35.5. The molecule has 0 heterocycles. The molecule has 0 bridgehead atoms. The number of rotatable bonds is 5. The molecule has 1 aromatic carbocycles. The molecule has 90 valence electrons. The van der Waals surface area contributed by atoms with E-state index >= 15 is 0 Å². The maximum atomic E-state index is 10.5. The lowest BCUT2D eigenvalue weighted by Gasteiger charge is -2.22. The molecule has 4 nitrogen and oxygen atoms in total. The van der Waals surface area contributed by atoms with Gasteiger partial charge in [-0.3, -0.25) is 4.79 Å². The van der Waals surface area contributed by atoms with Gasteiger partial charge in [0.25, 0.3) is 0 Å². The Hall–Kier alpha value is -1.44. The molecule has 0 aliphatic heterocycles. The zero-order chi connectivity index (χ0) is 12.8. The summed E-state index contributed by atoms with van der Waals surface area (Å²) in [6, 6.07) is 6.85. The Kier molecular flexibility index (Phi) is 5.08. The summed E-state index contributed by atoms with van der Waals surface area (Å²) in [6.45, 7) is 0.304. The van der Waals surface area contributed by atoms with Gasteiger partial charge in [-0.15, -0.1) is 0 Å². The third kappa shape index (κ3) is 4.14. The molecular weight excluding hydrogens is 263 g/mol. The molecule has 0 aliphatic carbocycles. The fraction of sp³-hybridized carbons (Fsp3) is 0.273. The molecule has 0 spiro atoms. The summed E-state index contributed by atoms with van der Waals surface area (Å²) in [5.41, 5.74) is 0.610. The number of aliphatic carboxylic acids is 1. The zero-order valence-electron chi connectivity index (χ0n) is 8.86. The van der Waals surface area contributed by atoms with E-state index in [1.807, 2.05) is 6.07 Å². The number of carbonyl (C=O) groups is 1. The van der Waals surface area contributed by atoms with Crippen molar-refractivity contribution in [3.8, 4) is 6.07 Å². The summed E-state index contributed by atoms with van der Waals surface area (Å²) in [6.07, 6.45) is -0.0549. The number of halogens is 2. The third-order valence-electron chi connectivity index (χ3n) is 2.11. The first-order valence-electron chi connectivity index (χ1n) is 4.83. The number of carboxylic acids is 1. The van der Waals surface area contributed by atoms with E-state index in [2.05, 4.69) is 0 Å². The standard InChI is InChI=1S/C11H10Cl2N2O2/c12-8-1-2-10(9(13)7-8)15(6-4-14)5-3-11(16)17/h1-2,7H,3,5-6H2,(H,16,17). The maximum absolute atomic E-state index is 10.5. The Morgan fingerprint density at radius 1 is 1.47 bits per heavy atom. The van der Waals surface area contributed by atoms with E-state index in [4.69, 9.17) is 33.6 Å². The third-order valence-corrected chi connectivity index (χ3v) is 2.65. The first kappa shape index (κ1) is 13.6. The second kappa shape index (κ2) is 6.33. The van der Waals surface area contributed by atoms with Crippen LogP contribution in [0.25, 0.3) is 0 Å². The van der Waals surface area contributed by atoms with Crippen molar-refractivity contribution in [1.29, 1.82) is 5.26 Å². The zero-order valence-corrected chi connectivity index (χ0v) is 10.4. The molecule has 0 aliphatic rings. The SMILES string of the molecule is N#CCN(CCC(=O)O)c1ccc(Cl)cc1Cl. The molecule has 1 rings (SSSR count). The number of benzene rings is 1. The van der Waals surface area contributed by atoms with Gasteiger partial charge in [-0.05, 0) is 18.2 Å². The average Bonchev–Trinajstić information content (AvgIpc) is 2.24. The molecule has 0 fully saturated rings. The van der Waals surface area contributed by atoms with Crippen LogP contribution in [0.4, 0.5) is 5.69 Å². The van der Waals surface area contributed by atoms with E-state index in [1.165, 1.54) is 0 Å². The van der Waals surface area contributed by atoms with Crippen LogP contribution in [0.2, 0.25) is 10.0 Å². The van der Waals surface area contributed by atoms with Crippen molar-refractivity contribution in [2.45, 2.75) is 6.42 Å². The van der Waals surface area contributed by atoms with Crippen LogP contribution in [0, 0.1) is 11.3 Å². The largest absolute Gasteiger partial charge is 0.481 e. The Balaban J connectivity index is 2.89. The Morgan fingerprint density at radius 3 is 2.71 bits per heavy atom. The molecule has 0 unspecified atom stereocenters. The highest BCUT2D eigenvalue weighted by Gasteiger charge is 2.11. The highest BCUT2D eigenvalue weighted by Crippen LogP contribution is 2.28. The predicted octanol–water partition coefficient (Wildman–Crippen LogP) is 2.80. The summed E-state index contributed by atoms with van der Waals surface area (Å²) >= 11 is 11.8. The molecule has 0 atom stereocenters. The van der Waals surface area contributed by atoms with Gasteiger partial charge >= 0.3 is 5.97 Å². The lowest BCUT2D eigenvalue weighted by Crippen LogP contribution is -2.26. The molecular formula is C11H10Cl2N2O2. The van der Waals surface area contributed by atoms with Crippen LogP contribution in [0.3, 0.4) is 0 Å². The van der Waals surface area contributed by atoms with Crippen molar-refractivity contribution in [2.24, 2.45) is 0 Å². The maximum Gasteiger partial charge on any atom is 0.305 e. The highest BCUT2D eigenvalue weighted by molar-refractivity contribution is 6.36. The molecule has 0 amide bonds. The Bertz CT molecular complexity index is 457. The second-order valence-corrected chi connectivity index (χ2v) is 4.16. The van der Waals surface area contributed by atoms with Crippen LogP contribution in [0.5, 0.6) is 0 Å². The van der Waals surface area contributed by atoms with Crippen LogP contribution in [0.1, 0.15) is 6.42 Å². The van der Waals surface area contributed by atoms with Crippen molar-refractivity contribution in [3.05, 3.63) is 28.2 Å². The van der Waals surface area contributed by atoms with Crippen molar-refractivity contribution in [3.63, 3.8) is 0 Å². The van der Waals surface area contributed by atoms with Crippen molar-refractivity contribution >= 4 is 34.9 Å². The monoisotopic (exact) mass is 272 g/mol. The van der Waals surface area contributed by atoms with Gasteiger partial charge in [0, 0.05) is 11.6 Å². The first-order chi connectivity index (χ1) is 8.04. The Morgan fingerprint density at radius 2 is 2.18 bits per heavy atom. The smallest absolute Gasteiger partial charge is 0.305 e. The average molecular weight is 273 g/mol. The molecule has 1 N–H and O–H groups in total. The van der Waals surface area contributed by atoms with E-state index in [0.29, 0.717) is 15.7 Å². The van der Waals surface area contributed by atoms with Crippen LogP contribution >= 0.6 is 23.2 Å². The molecule has 0 radical (unpaired) electrons. The minimum absolute atomic E-state index is 0.0549. The summed E-state index contributed by atoms with van der Waals surface area (Å²) in [7, 11) is 0. The van der Waals surface area contributed by atoms with Crippen LogP contribution in [0.15, 0.2) is 18.2 Å². The second-order valence-electron chi connectivity index (χ2n) is 3.32. The van der Waals surface area contributed by atoms with E-state index in [9.17, 15) is 4.79 Å². The molecule has 6 heteroatoms. The van der Waals surface area contributed by atoms with Crippen molar-refractivity contribution in [1.82, 2.24) is 0 Å². The van der Waals surface area contributed by atoms with Crippen LogP contribution in [-0.2, 0) is 4.79 Å². The van der Waals surface area contributed by atoms with E-state index in [-0.39, 0.29) is 19.5 Å². The van der Waals surface area contributed by atoms with Gasteiger partial charge in [-0.1, -0.05) is 23.2 Å². The predicted molar refractivity (Wildman–Crippen MR) is 66.5 cm³/mol.